The number of carbonyl (C=O) groups is 4. The molecule has 1 aromatic carbocycles. The number of hydrogen-bond donors (Lipinski definition) is 2. The van der Waals surface area contributed by atoms with Crippen LogP contribution < -0.4 is 5.32 Å². The van der Waals surface area contributed by atoms with E-state index in [0.29, 0.717) is 17.3 Å². The number of esters is 1. The monoisotopic (exact) mass is 657 g/mol. The lowest BCUT2D eigenvalue weighted by molar-refractivity contribution is -0.159. The van der Waals surface area contributed by atoms with Crippen molar-refractivity contribution in [2.45, 2.75) is 76.5 Å². The third-order valence-corrected chi connectivity index (χ3v) is 9.36. The highest BCUT2D eigenvalue weighted by molar-refractivity contribution is 9.11. The van der Waals surface area contributed by atoms with E-state index in [1.165, 1.54) is 4.90 Å². The van der Waals surface area contributed by atoms with Crippen LogP contribution in [-0.2, 0) is 35.2 Å². The van der Waals surface area contributed by atoms with Crippen LogP contribution in [0.25, 0.3) is 0 Å². The highest BCUT2D eigenvalue weighted by Crippen LogP contribution is 2.59. The second-order valence-electron chi connectivity index (χ2n) is 12.3. The third kappa shape index (κ3) is 6.04. The molecule has 4 heterocycles. The molecule has 2 N–H and O–H groups in total. The molecule has 0 aliphatic carbocycles. The minimum absolute atomic E-state index is 0.129. The van der Waals surface area contributed by atoms with Crippen LogP contribution in [0, 0.1) is 17.8 Å². The SMILES string of the molecule is CC(C)C[C@H](CO)N1C(=O)[C@@H]2[C@H]3C(=O)O[C@@H](C)CNC(=O)CC/C=C\CN(Cc4ccccc4)C(=O)[C@@H]1[C@]21C=C(Br)[C@H]3O1. The summed E-state index contributed by atoms with van der Waals surface area (Å²) >= 11 is 3.56. The largest absolute Gasteiger partial charge is 0.460 e. The van der Waals surface area contributed by atoms with Gasteiger partial charge in [-0.2, -0.15) is 0 Å². The molecule has 3 amide bonds. The minimum Gasteiger partial charge on any atom is -0.460 e. The average Bonchev–Trinajstić information content (AvgIpc) is 3.57. The number of ether oxygens (including phenoxy) is 2. The van der Waals surface area contributed by atoms with E-state index < -0.39 is 53.6 Å². The number of hydrogen-bond acceptors (Lipinski definition) is 7. The standard InChI is InChI=1S/C32H40BrN3O7/c1-19(2)14-22(18-37)36-28-30(40)35(17-21-10-6-4-7-11-21)13-9-5-8-12-24(38)34-16-20(3)42-31(41)25-26(29(36)39)32(28)15-23(33)27(25)43-32/h4-7,9-11,15,19-20,22,25-28,37H,8,12-14,16-18H2,1-3H3,(H,34,38)/b9-5-/t20-,22+,25+,26-,27+,28+,32-/m0/s1. The number of benzene rings is 1. The van der Waals surface area contributed by atoms with Crippen molar-refractivity contribution in [3.63, 3.8) is 0 Å². The van der Waals surface area contributed by atoms with Crippen molar-refractivity contribution in [3.05, 3.63) is 58.6 Å². The summed E-state index contributed by atoms with van der Waals surface area (Å²) in [7, 11) is 0. The molecule has 1 aromatic rings. The molecule has 7 atom stereocenters. The number of nitrogens with one attached hydrogen (secondary N) is 1. The van der Waals surface area contributed by atoms with E-state index in [2.05, 4.69) is 21.2 Å². The Labute approximate surface area is 260 Å². The summed E-state index contributed by atoms with van der Waals surface area (Å²) < 4.78 is 12.9. The normalized spacial score (nSPS) is 32.9. The summed E-state index contributed by atoms with van der Waals surface area (Å²) in [5.74, 6) is -3.42. The predicted molar refractivity (Wildman–Crippen MR) is 161 cm³/mol. The Bertz CT molecular complexity index is 1300. The quantitative estimate of drug-likeness (QED) is 0.356. The van der Waals surface area contributed by atoms with Gasteiger partial charge in [-0.25, -0.2) is 0 Å². The highest BCUT2D eigenvalue weighted by atomic mass is 79.9. The van der Waals surface area contributed by atoms with E-state index in [-0.39, 0.29) is 50.4 Å². The molecule has 10 nitrogen and oxygen atoms in total. The Hall–Kier alpha value is -3.02. The van der Waals surface area contributed by atoms with Crippen LogP contribution in [0.15, 0.2) is 53.0 Å². The second-order valence-corrected chi connectivity index (χ2v) is 13.2. The highest BCUT2D eigenvalue weighted by Gasteiger charge is 2.75. The number of rotatable bonds is 6. The zero-order valence-electron chi connectivity index (χ0n) is 24.8. The van der Waals surface area contributed by atoms with Crippen LogP contribution >= 0.6 is 15.9 Å². The number of fused-ring (bicyclic) bond motifs is 2. The van der Waals surface area contributed by atoms with E-state index in [1.54, 1.807) is 17.9 Å². The molecule has 4 aliphatic heterocycles. The van der Waals surface area contributed by atoms with Crippen LogP contribution in [-0.4, -0.2) is 88.2 Å². The van der Waals surface area contributed by atoms with Crippen molar-refractivity contribution < 1.29 is 33.8 Å². The first kappa shape index (κ1) is 31.4. The lowest BCUT2D eigenvalue weighted by atomic mass is 9.74. The molecule has 11 heteroatoms. The first-order chi connectivity index (χ1) is 20.6. The Morgan fingerprint density at radius 2 is 1.86 bits per heavy atom. The zero-order valence-corrected chi connectivity index (χ0v) is 26.4. The maximum atomic E-state index is 14.8. The molecular weight excluding hydrogens is 618 g/mol. The number of aliphatic hydroxyl groups is 1. The van der Waals surface area contributed by atoms with E-state index in [0.717, 1.165) is 5.56 Å². The Morgan fingerprint density at radius 1 is 1.12 bits per heavy atom. The fourth-order valence-electron chi connectivity index (χ4n) is 6.83. The number of amides is 3. The Balaban J connectivity index is 1.62. The number of likely N-dealkylation sites (tertiary alicyclic amines) is 1. The van der Waals surface area contributed by atoms with Gasteiger partial charge in [-0.05, 0) is 37.3 Å². The van der Waals surface area contributed by atoms with Crippen molar-refractivity contribution in [3.8, 4) is 0 Å². The fraction of sp³-hybridized carbons (Fsp3) is 0.562. The molecule has 2 fully saturated rings. The van der Waals surface area contributed by atoms with Gasteiger partial charge in [-0.3, -0.25) is 19.2 Å². The molecule has 1 spiro atoms. The van der Waals surface area contributed by atoms with Crippen molar-refractivity contribution in [2.75, 3.05) is 19.7 Å². The van der Waals surface area contributed by atoms with Gasteiger partial charge in [-0.15, -0.1) is 0 Å². The van der Waals surface area contributed by atoms with Gasteiger partial charge in [-0.1, -0.05) is 72.3 Å². The predicted octanol–water partition coefficient (Wildman–Crippen LogP) is 2.69. The molecule has 0 radical (unpaired) electrons. The molecule has 0 saturated carbocycles. The molecule has 0 unspecified atom stereocenters. The van der Waals surface area contributed by atoms with Gasteiger partial charge >= 0.3 is 5.97 Å². The molecule has 43 heavy (non-hydrogen) atoms. The lowest BCUT2D eigenvalue weighted by Gasteiger charge is -2.39. The third-order valence-electron chi connectivity index (χ3n) is 8.68. The number of carbonyl (C=O) groups excluding carboxylic acids is 4. The van der Waals surface area contributed by atoms with Gasteiger partial charge in [0.2, 0.25) is 17.7 Å². The number of cyclic esters (lactones) is 1. The van der Waals surface area contributed by atoms with Crippen molar-refractivity contribution in [1.82, 2.24) is 15.1 Å². The smallest absolute Gasteiger partial charge is 0.313 e. The maximum Gasteiger partial charge on any atom is 0.313 e. The van der Waals surface area contributed by atoms with Gasteiger partial charge in [0.05, 0.1) is 25.1 Å². The van der Waals surface area contributed by atoms with Crippen molar-refractivity contribution in [1.29, 1.82) is 0 Å². The van der Waals surface area contributed by atoms with Crippen LogP contribution in [0.5, 0.6) is 0 Å². The van der Waals surface area contributed by atoms with E-state index in [1.807, 2.05) is 56.3 Å². The number of nitrogens with zero attached hydrogens (tertiary/aromatic N) is 2. The molecule has 2 saturated heterocycles. The first-order valence-electron chi connectivity index (χ1n) is 15.0. The van der Waals surface area contributed by atoms with Gasteiger partial charge < -0.3 is 29.7 Å². The second kappa shape index (κ2) is 12.9. The number of halogens is 1. The topological polar surface area (TPSA) is 125 Å². The number of allylic oxidation sites excluding steroid dienone is 1. The fourth-order valence-corrected chi connectivity index (χ4v) is 7.56. The van der Waals surface area contributed by atoms with Crippen LogP contribution in [0.2, 0.25) is 0 Å². The first-order valence-corrected chi connectivity index (χ1v) is 15.8. The zero-order chi connectivity index (χ0) is 30.9. The molecule has 4 aliphatic rings. The maximum absolute atomic E-state index is 14.8. The molecule has 5 rings (SSSR count). The van der Waals surface area contributed by atoms with Gasteiger partial charge in [0.25, 0.3) is 0 Å². The summed E-state index contributed by atoms with van der Waals surface area (Å²) in [5, 5.41) is 13.3. The van der Waals surface area contributed by atoms with Crippen LogP contribution in [0.1, 0.15) is 45.6 Å². The van der Waals surface area contributed by atoms with Crippen molar-refractivity contribution >= 4 is 39.6 Å². The van der Waals surface area contributed by atoms with Crippen LogP contribution in [0.3, 0.4) is 0 Å². The average molecular weight is 659 g/mol. The van der Waals surface area contributed by atoms with Crippen molar-refractivity contribution in [2.24, 2.45) is 17.8 Å². The summed E-state index contributed by atoms with van der Waals surface area (Å²) in [6, 6.07) is 7.80. The van der Waals surface area contributed by atoms with Crippen LogP contribution in [0.4, 0.5) is 0 Å². The van der Waals surface area contributed by atoms with Gasteiger partial charge in [0.15, 0.2) is 0 Å². The Morgan fingerprint density at radius 3 is 2.56 bits per heavy atom. The molecule has 5 bridgehead atoms. The number of aliphatic hydroxyl groups excluding tert-OH is 1. The molecule has 232 valence electrons. The van der Waals surface area contributed by atoms with Gasteiger partial charge in [0.1, 0.15) is 29.8 Å². The van der Waals surface area contributed by atoms with E-state index >= 15 is 0 Å². The van der Waals surface area contributed by atoms with Gasteiger partial charge in [0, 0.05) is 24.0 Å². The summed E-state index contributed by atoms with van der Waals surface area (Å²) in [4.78, 5) is 58.5. The minimum atomic E-state index is -1.42. The Kier molecular flexibility index (Phi) is 9.43. The van der Waals surface area contributed by atoms with E-state index in [4.69, 9.17) is 9.47 Å². The summed E-state index contributed by atoms with van der Waals surface area (Å²) in [5.41, 5.74) is -0.514. The van der Waals surface area contributed by atoms with E-state index in [9.17, 15) is 24.3 Å². The summed E-state index contributed by atoms with van der Waals surface area (Å²) in [6.45, 7) is 5.97. The lowest BCUT2D eigenvalue weighted by Crippen LogP contribution is -2.58. The molecular formula is C32H40BrN3O7. The summed E-state index contributed by atoms with van der Waals surface area (Å²) in [6.07, 6.45) is 5.25. The molecule has 0 aromatic heterocycles.